The smallest absolute Gasteiger partial charge is 0.259 e. The van der Waals surface area contributed by atoms with Crippen molar-refractivity contribution in [2.75, 3.05) is 17.3 Å². The minimum atomic E-state index is -0.106. The van der Waals surface area contributed by atoms with E-state index in [-0.39, 0.29) is 18.2 Å². The SMILES string of the molecule is CN1C(=O)c2ccccc2Sc2cc(NC(=O)Cc3ccc(Cl)cc3)ccc21. The lowest BCUT2D eigenvalue weighted by atomic mass is 10.1. The summed E-state index contributed by atoms with van der Waals surface area (Å²) in [5.41, 5.74) is 3.09. The number of fused-ring (bicyclic) bond motifs is 2. The second-order valence-corrected chi connectivity index (χ2v) is 8.02. The summed E-state index contributed by atoms with van der Waals surface area (Å²) in [5.74, 6) is -0.146. The Morgan fingerprint density at radius 3 is 2.57 bits per heavy atom. The van der Waals surface area contributed by atoms with Crippen LogP contribution in [-0.2, 0) is 11.2 Å². The Labute approximate surface area is 172 Å². The number of amides is 2. The van der Waals surface area contributed by atoms with Gasteiger partial charge in [0.25, 0.3) is 5.91 Å². The zero-order valence-corrected chi connectivity index (χ0v) is 16.7. The van der Waals surface area contributed by atoms with E-state index in [1.165, 1.54) is 11.8 Å². The van der Waals surface area contributed by atoms with Crippen LogP contribution in [0.1, 0.15) is 15.9 Å². The van der Waals surface area contributed by atoms with Crippen molar-refractivity contribution in [1.29, 1.82) is 0 Å². The maximum atomic E-state index is 12.7. The fourth-order valence-corrected chi connectivity index (χ4v) is 4.35. The Bertz CT molecular complexity index is 1070. The third-order valence-corrected chi connectivity index (χ3v) is 5.90. The summed E-state index contributed by atoms with van der Waals surface area (Å²) in [6, 6.07) is 20.4. The molecule has 6 heteroatoms. The highest BCUT2D eigenvalue weighted by atomic mass is 35.5. The van der Waals surface area contributed by atoms with Gasteiger partial charge in [-0.3, -0.25) is 9.59 Å². The lowest BCUT2D eigenvalue weighted by Crippen LogP contribution is -2.26. The molecule has 3 aromatic rings. The fourth-order valence-electron chi connectivity index (χ4n) is 3.08. The van der Waals surface area contributed by atoms with E-state index in [0.29, 0.717) is 16.3 Å². The minimum absolute atomic E-state index is 0.0404. The van der Waals surface area contributed by atoms with Crippen molar-refractivity contribution in [3.63, 3.8) is 0 Å². The van der Waals surface area contributed by atoms with Crippen LogP contribution in [0.5, 0.6) is 0 Å². The van der Waals surface area contributed by atoms with Crippen LogP contribution in [0.25, 0.3) is 0 Å². The molecule has 4 nitrogen and oxygen atoms in total. The predicted molar refractivity (Wildman–Crippen MR) is 114 cm³/mol. The van der Waals surface area contributed by atoms with E-state index in [2.05, 4.69) is 5.32 Å². The number of hydrogen-bond donors (Lipinski definition) is 1. The van der Waals surface area contributed by atoms with Crippen molar-refractivity contribution < 1.29 is 9.59 Å². The number of rotatable bonds is 3. The van der Waals surface area contributed by atoms with Crippen molar-refractivity contribution in [3.05, 3.63) is 82.9 Å². The van der Waals surface area contributed by atoms with Gasteiger partial charge in [0.2, 0.25) is 5.91 Å². The summed E-state index contributed by atoms with van der Waals surface area (Å²) in [4.78, 5) is 28.6. The van der Waals surface area contributed by atoms with Gasteiger partial charge in [-0.2, -0.15) is 0 Å². The van der Waals surface area contributed by atoms with Gasteiger partial charge in [0.05, 0.1) is 17.7 Å². The molecular formula is C22H17ClN2O2S. The summed E-state index contributed by atoms with van der Waals surface area (Å²) < 4.78 is 0. The van der Waals surface area contributed by atoms with Crippen LogP contribution in [0.4, 0.5) is 11.4 Å². The zero-order chi connectivity index (χ0) is 19.7. The molecule has 140 valence electrons. The molecule has 1 aliphatic heterocycles. The van der Waals surface area contributed by atoms with Gasteiger partial charge in [0.15, 0.2) is 0 Å². The second-order valence-electron chi connectivity index (χ2n) is 6.50. The zero-order valence-electron chi connectivity index (χ0n) is 15.1. The van der Waals surface area contributed by atoms with Gasteiger partial charge in [-0.05, 0) is 48.0 Å². The molecule has 1 heterocycles. The first-order chi connectivity index (χ1) is 13.5. The number of carbonyl (C=O) groups is 2. The average molecular weight is 409 g/mol. The number of benzene rings is 3. The van der Waals surface area contributed by atoms with Gasteiger partial charge in [0, 0.05) is 27.5 Å². The number of hydrogen-bond acceptors (Lipinski definition) is 3. The third-order valence-electron chi connectivity index (χ3n) is 4.52. The van der Waals surface area contributed by atoms with Crippen molar-refractivity contribution in [2.24, 2.45) is 0 Å². The van der Waals surface area contributed by atoms with Crippen LogP contribution in [-0.4, -0.2) is 18.9 Å². The van der Waals surface area contributed by atoms with E-state index in [1.54, 1.807) is 24.1 Å². The largest absolute Gasteiger partial charge is 0.326 e. The van der Waals surface area contributed by atoms with Gasteiger partial charge in [-0.1, -0.05) is 47.6 Å². The van der Waals surface area contributed by atoms with Crippen LogP contribution < -0.4 is 10.2 Å². The number of nitrogens with one attached hydrogen (secondary N) is 1. The number of halogens is 1. The van der Waals surface area contributed by atoms with Crippen LogP contribution in [0.15, 0.2) is 76.5 Å². The Hall–Kier alpha value is -2.76. The molecule has 0 saturated carbocycles. The fraction of sp³-hybridized carbons (Fsp3) is 0.0909. The van der Waals surface area contributed by atoms with Crippen LogP contribution in [0.2, 0.25) is 5.02 Å². The molecule has 0 fully saturated rings. The molecule has 0 unspecified atom stereocenters. The quantitative estimate of drug-likeness (QED) is 0.642. The molecule has 0 atom stereocenters. The molecule has 0 bridgehead atoms. The monoisotopic (exact) mass is 408 g/mol. The molecule has 4 rings (SSSR count). The van der Waals surface area contributed by atoms with E-state index in [1.807, 2.05) is 54.6 Å². The number of nitrogens with zero attached hydrogens (tertiary/aromatic N) is 1. The summed E-state index contributed by atoms with van der Waals surface area (Å²) in [7, 11) is 1.77. The molecular weight excluding hydrogens is 392 g/mol. The lowest BCUT2D eigenvalue weighted by molar-refractivity contribution is -0.115. The number of anilines is 2. The standard InChI is InChI=1S/C22H17ClN2O2S/c1-25-18-11-10-16(24-21(26)12-14-6-8-15(23)9-7-14)13-20(18)28-19-5-3-2-4-17(19)22(25)27/h2-11,13H,12H2,1H3,(H,24,26). The lowest BCUT2D eigenvalue weighted by Gasteiger charge is -2.18. The molecule has 2 amide bonds. The summed E-state index contributed by atoms with van der Waals surface area (Å²) >= 11 is 7.42. The van der Waals surface area contributed by atoms with Crippen molar-refractivity contribution >= 4 is 46.6 Å². The van der Waals surface area contributed by atoms with E-state index in [0.717, 1.165) is 21.0 Å². The maximum absolute atomic E-state index is 12.7. The maximum Gasteiger partial charge on any atom is 0.259 e. The average Bonchev–Trinajstić information content (AvgIpc) is 2.79. The van der Waals surface area contributed by atoms with Gasteiger partial charge < -0.3 is 10.2 Å². The van der Waals surface area contributed by atoms with Crippen LogP contribution in [0, 0.1) is 0 Å². The Morgan fingerprint density at radius 2 is 1.79 bits per heavy atom. The summed E-state index contributed by atoms with van der Waals surface area (Å²) in [6.45, 7) is 0. The summed E-state index contributed by atoms with van der Waals surface area (Å²) in [6.07, 6.45) is 0.266. The van der Waals surface area contributed by atoms with E-state index in [4.69, 9.17) is 11.6 Å². The van der Waals surface area contributed by atoms with Crippen molar-refractivity contribution in [1.82, 2.24) is 0 Å². The molecule has 1 N–H and O–H groups in total. The van der Waals surface area contributed by atoms with Crippen LogP contribution >= 0.6 is 23.4 Å². The topological polar surface area (TPSA) is 49.4 Å². The Balaban J connectivity index is 1.57. The van der Waals surface area contributed by atoms with Crippen molar-refractivity contribution in [3.8, 4) is 0 Å². The van der Waals surface area contributed by atoms with Crippen LogP contribution in [0.3, 0.4) is 0 Å². The Morgan fingerprint density at radius 1 is 1.04 bits per heavy atom. The van der Waals surface area contributed by atoms with E-state index in [9.17, 15) is 9.59 Å². The summed E-state index contributed by atoms with van der Waals surface area (Å²) in [5, 5.41) is 3.58. The first-order valence-corrected chi connectivity index (χ1v) is 9.94. The highest BCUT2D eigenvalue weighted by Gasteiger charge is 2.24. The Kier molecular flexibility index (Phi) is 5.11. The normalized spacial score (nSPS) is 12.8. The highest BCUT2D eigenvalue weighted by Crippen LogP contribution is 2.41. The molecule has 0 radical (unpaired) electrons. The van der Waals surface area contributed by atoms with Gasteiger partial charge in [-0.25, -0.2) is 0 Å². The molecule has 0 aromatic heterocycles. The molecule has 0 spiro atoms. The highest BCUT2D eigenvalue weighted by molar-refractivity contribution is 7.99. The second kappa shape index (κ2) is 7.70. The van der Waals surface area contributed by atoms with Gasteiger partial charge >= 0.3 is 0 Å². The first kappa shape index (κ1) is 18.6. The van der Waals surface area contributed by atoms with Crippen molar-refractivity contribution in [2.45, 2.75) is 16.2 Å². The third kappa shape index (κ3) is 3.77. The minimum Gasteiger partial charge on any atom is -0.326 e. The van der Waals surface area contributed by atoms with E-state index >= 15 is 0 Å². The predicted octanol–water partition coefficient (Wildman–Crippen LogP) is 5.26. The molecule has 3 aromatic carbocycles. The molecule has 0 saturated heterocycles. The molecule has 28 heavy (non-hydrogen) atoms. The molecule has 1 aliphatic rings. The van der Waals surface area contributed by atoms with Gasteiger partial charge in [-0.15, -0.1) is 0 Å². The first-order valence-electron chi connectivity index (χ1n) is 8.74. The van der Waals surface area contributed by atoms with E-state index < -0.39 is 0 Å². The molecule has 0 aliphatic carbocycles. The van der Waals surface area contributed by atoms with Gasteiger partial charge in [0.1, 0.15) is 0 Å². The number of carbonyl (C=O) groups excluding carboxylic acids is 2.